The number of rotatable bonds is 1. The van der Waals surface area contributed by atoms with Gasteiger partial charge in [0.1, 0.15) is 0 Å². The Kier molecular flexibility index (Phi) is 3.45. The molecule has 2 nitrogen and oxygen atoms in total. The van der Waals surface area contributed by atoms with Crippen molar-refractivity contribution in [3.05, 3.63) is 40.1 Å². The highest BCUT2D eigenvalue weighted by molar-refractivity contribution is 8.93. The maximum absolute atomic E-state index is 4.54. The molecule has 0 radical (unpaired) electrons. The Morgan fingerprint density at radius 1 is 1.26 bits per heavy atom. The van der Waals surface area contributed by atoms with Gasteiger partial charge in [-0.25, -0.2) is 0 Å². The van der Waals surface area contributed by atoms with Crippen LogP contribution in [0.2, 0.25) is 0 Å². The van der Waals surface area contributed by atoms with E-state index in [0.717, 1.165) is 13.1 Å². The summed E-state index contributed by atoms with van der Waals surface area (Å²) >= 11 is 3.61. The zero-order valence-corrected chi connectivity index (χ0v) is 13.8. The second-order valence-electron chi connectivity index (χ2n) is 4.50. The summed E-state index contributed by atoms with van der Waals surface area (Å²) in [6, 6.07) is 8.94. The number of aliphatic imine (C=N–C) groups is 1. The van der Waals surface area contributed by atoms with Crippen LogP contribution in [-0.4, -0.2) is 23.2 Å². The number of thiophene rings is 1. The maximum Gasteiger partial charge on any atom is 0.168 e. The van der Waals surface area contributed by atoms with E-state index in [4.69, 9.17) is 0 Å². The average Bonchev–Trinajstić information content (AvgIpc) is 3.02. The smallest absolute Gasteiger partial charge is 0.168 e. The van der Waals surface area contributed by atoms with E-state index in [0.29, 0.717) is 0 Å². The molecule has 3 heterocycles. The van der Waals surface area contributed by atoms with E-state index in [1.165, 1.54) is 31.4 Å². The third kappa shape index (κ3) is 2.04. The molecule has 0 atom stereocenters. The lowest BCUT2D eigenvalue weighted by Crippen LogP contribution is -2.19. The van der Waals surface area contributed by atoms with E-state index in [9.17, 15) is 0 Å². The van der Waals surface area contributed by atoms with Gasteiger partial charge in [-0.05, 0) is 29.8 Å². The molecule has 0 amide bonds. The van der Waals surface area contributed by atoms with Crippen LogP contribution in [0.25, 0.3) is 15.8 Å². The minimum absolute atomic E-state index is 0. The van der Waals surface area contributed by atoms with E-state index < -0.39 is 0 Å². The lowest BCUT2D eigenvalue weighted by molar-refractivity contribution is 0.648. The number of thioether (sulfide) groups is 1. The highest BCUT2D eigenvalue weighted by Gasteiger charge is 2.30. The van der Waals surface area contributed by atoms with Gasteiger partial charge < -0.3 is 4.90 Å². The zero-order valence-electron chi connectivity index (χ0n) is 10.4. The van der Waals surface area contributed by atoms with Crippen LogP contribution in [0.15, 0.2) is 39.5 Å². The molecule has 0 spiro atoms. The quantitative estimate of drug-likeness (QED) is 0.745. The van der Waals surface area contributed by atoms with Crippen molar-refractivity contribution in [2.75, 3.05) is 13.1 Å². The molecule has 19 heavy (non-hydrogen) atoms. The molecule has 5 heteroatoms. The molecule has 1 aromatic carbocycles. The van der Waals surface area contributed by atoms with Crippen molar-refractivity contribution < 1.29 is 0 Å². The summed E-state index contributed by atoms with van der Waals surface area (Å²) in [6.07, 6.45) is 0. The molecule has 0 unspecified atom stereocenters. The Morgan fingerprint density at radius 3 is 3.05 bits per heavy atom. The number of benzene rings is 1. The first-order valence-electron chi connectivity index (χ1n) is 6.01. The molecule has 2 aliphatic rings. The third-order valence-electron chi connectivity index (χ3n) is 3.38. The predicted molar refractivity (Wildman–Crippen MR) is 91.3 cm³/mol. The van der Waals surface area contributed by atoms with E-state index >= 15 is 0 Å². The SMILES string of the molecule is Br.CC1=C(c2ccc3ccsc3c2)N2CCN=C2S1. The number of hydrogen-bond donors (Lipinski definition) is 0. The van der Waals surface area contributed by atoms with Crippen molar-refractivity contribution in [3.8, 4) is 0 Å². The average molecular weight is 353 g/mol. The van der Waals surface area contributed by atoms with Gasteiger partial charge in [0.25, 0.3) is 0 Å². The minimum atomic E-state index is 0. The molecule has 0 fully saturated rings. The summed E-state index contributed by atoms with van der Waals surface area (Å²) in [7, 11) is 0. The normalized spacial score (nSPS) is 17.7. The van der Waals surface area contributed by atoms with Crippen molar-refractivity contribution >= 4 is 61.0 Å². The standard InChI is InChI=1S/C14H12N2S2.BrH/c1-9-13(16-6-5-15-14(16)18-9)11-3-2-10-4-7-17-12(10)8-11;/h2-4,7-8H,5-6H2,1H3;1H. The molecule has 1 aromatic heterocycles. The van der Waals surface area contributed by atoms with Crippen LogP contribution < -0.4 is 0 Å². The minimum Gasteiger partial charge on any atom is -0.318 e. The molecule has 2 aliphatic heterocycles. The van der Waals surface area contributed by atoms with E-state index in [1.807, 2.05) is 11.3 Å². The van der Waals surface area contributed by atoms with Crippen molar-refractivity contribution in [2.24, 2.45) is 4.99 Å². The highest BCUT2D eigenvalue weighted by Crippen LogP contribution is 2.41. The highest BCUT2D eigenvalue weighted by atomic mass is 79.9. The molecule has 2 aromatic rings. The lowest BCUT2D eigenvalue weighted by Gasteiger charge is -2.17. The summed E-state index contributed by atoms with van der Waals surface area (Å²) in [4.78, 5) is 8.26. The number of fused-ring (bicyclic) bond motifs is 2. The van der Waals surface area contributed by atoms with Crippen molar-refractivity contribution in [2.45, 2.75) is 6.92 Å². The summed E-state index contributed by atoms with van der Waals surface area (Å²) in [5.41, 5.74) is 2.67. The fourth-order valence-corrected chi connectivity index (χ4v) is 4.43. The summed E-state index contributed by atoms with van der Waals surface area (Å²) < 4.78 is 1.36. The van der Waals surface area contributed by atoms with Crippen molar-refractivity contribution in [3.63, 3.8) is 0 Å². The molecule has 98 valence electrons. The van der Waals surface area contributed by atoms with E-state index in [1.54, 1.807) is 11.8 Å². The Balaban J connectivity index is 0.00000110. The van der Waals surface area contributed by atoms with Crippen LogP contribution in [0.3, 0.4) is 0 Å². The van der Waals surface area contributed by atoms with Gasteiger partial charge in [0.2, 0.25) is 0 Å². The molecular formula is C14H13BrN2S2. The topological polar surface area (TPSA) is 15.6 Å². The molecule has 0 bridgehead atoms. The predicted octanol–water partition coefficient (Wildman–Crippen LogP) is 4.59. The van der Waals surface area contributed by atoms with E-state index in [2.05, 4.69) is 46.5 Å². The summed E-state index contributed by atoms with van der Waals surface area (Å²) in [5.74, 6) is 0. The van der Waals surface area contributed by atoms with Crippen molar-refractivity contribution in [1.29, 1.82) is 0 Å². The van der Waals surface area contributed by atoms with Crippen LogP contribution >= 0.6 is 40.1 Å². The van der Waals surface area contributed by atoms with Crippen LogP contribution in [0, 0.1) is 0 Å². The fourth-order valence-electron chi connectivity index (χ4n) is 2.56. The summed E-state index contributed by atoms with van der Waals surface area (Å²) in [5, 5.41) is 4.67. The number of allylic oxidation sites excluding steroid dienone is 1. The Hall–Kier alpha value is -0.780. The van der Waals surface area contributed by atoms with Gasteiger partial charge in [-0.1, -0.05) is 23.9 Å². The lowest BCUT2D eigenvalue weighted by atomic mass is 10.1. The Morgan fingerprint density at radius 2 is 2.16 bits per heavy atom. The van der Waals surface area contributed by atoms with Crippen molar-refractivity contribution in [1.82, 2.24) is 4.90 Å². The van der Waals surface area contributed by atoms with Crippen LogP contribution in [-0.2, 0) is 0 Å². The van der Waals surface area contributed by atoms with Crippen LogP contribution in [0.4, 0.5) is 0 Å². The zero-order chi connectivity index (χ0) is 12.1. The Bertz CT molecular complexity index is 702. The Labute approximate surface area is 131 Å². The van der Waals surface area contributed by atoms with Gasteiger partial charge >= 0.3 is 0 Å². The molecular weight excluding hydrogens is 340 g/mol. The van der Waals surface area contributed by atoms with Gasteiger partial charge in [0.05, 0.1) is 12.2 Å². The van der Waals surface area contributed by atoms with Gasteiger partial charge in [0, 0.05) is 21.7 Å². The second kappa shape index (κ2) is 4.96. The molecule has 0 N–H and O–H groups in total. The summed E-state index contributed by atoms with van der Waals surface area (Å²) in [6.45, 7) is 4.15. The number of nitrogens with zero attached hydrogens (tertiary/aromatic N) is 2. The molecule has 0 saturated heterocycles. The third-order valence-corrected chi connectivity index (χ3v) is 5.29. The van der Waals surface area contributed by atoms with Crippen LogP contribution in [0.5, 0.6) is 0 Å². The van der Waals surface area contributed by atoms with Gasteiger partial charge in [-0.2, -0.15) is 0 Å². The number of hydrogen-bond acceptors (Lipinski definition) is 4. The fraction of sp³-hybridized carbons (Fsp3) is 0.214. The van der Waals surface area contributed by atoms with E-state index in [-0.39, 0.29) is 17.0 Å². The largest absolute Gasteiger partial charge is 0.318 e. The van der Waals surface area contributed by atoms with Gasteiger partial charge in [-0.3, -0.25) is 4.99 Å². The van der Waals surface area contributed by atoms with Gasteiger partial charge in [0.15, 0.2) is 5.17 Å². The number of amidine groups is 1. The van der Waals surface area contributed by atoms with Crippen LogP contribution in [0.1, 0.15) is 12.5 Å². The molecule has 4 rings (SSSR count). The number of halogens is 1. The second-order valence-corrected chi connectivity index (χ2v) is 6.63. The first-order chi connectivity index (χ1) is 8.83. The maximum atomic E-state index is 4.54. The first kappa shape index (κ1) is 13.2. The first-order valence-corrected chi connectivity index (χ1v) is 7.71. The molecule has 0 saturated carbocycles. The molecule has 0 aliphatic carbocycles. The monoisotopic (exact) mass is 352 g/mol. The van der Waals surface area contributed by atoms with Gasteiger partial charge in [-0.15, -0.1) is 28.3 Å².